The number of carbonyl (C=O) groups excluding carboxylic acids is 1. The Hall–Kier alpha value is -3.39. The van der Waals surface area contributed by atoms with Crippen LogP contribution in [0.1, 0.15) is 27.3 Å². The van der Waals surface area contributed by atoms with Crippen LogP contribution in [0.3, 0.4) is 0 Å². The van der Waals surface area contributed by atoms with E-state index in [-0.39, 0.29) is 11.5 Å². The molecule has 0 aliphatic heterocycles. The van der Waals surface area contributed by atoms with E-state index in [1.165, 1.54) is 17.3 Å². The molecule has 0 amide bonds. The number of ether oxygens (including phenoxy) is 1. The van der Waals surface area contributed by atoms with Gasteiger partial charge in [-0.2, -0.15) is 4.68 Å². The van der Waals surface area contributed by atoms with Crippen LogP contribution in [0.25, 0.3) is 5.69 Å². The zero-order valence-electron chi connectivity index (χ0n) is 18.4. The largest absolute Gasteiger partial charge is 0.494 e. The van der Waals surface area contributed by atoms with Gasteiger partial charge in [0.2, 0.25) is 5.16 Å². The number of aromatic nitrogens is 5. The number of benzene rings is 2. The van der Waals surface area contributed by atoms with Gasteiger partial charge in [-0.1, -0.05) is 54.2 Å². The van der Waals surface area contributed by atoms with Crippen LogP contribution >= 0.6 is 11.8 Å². The van der Waals surface area contributed by atoms with Crippen molar-refractivity contribution in [1.82, 2.24) is 24.8 Å². The van der Waals surface area contributed by atoms with Crippen LogP contribution in [0, 0.1) is 13.8 Å². The van der Waals surface area contributed by atoms with Crippen LogP contribution in [0.2, 0.25) is 0 Å². The summed E-state index contributed by atoms with van der Waals surface area (Å²) in [5.74, 6) is 0.969. The lowest BCUT2D eigenvalue weighted by Crippen LogP contribution is -2.09. The van der Waals surface area contributed by atoms with Crippen molar-refractivity contribution in [2.75, 3.05) is 12.9 Å². The normalized spacial score (nSPS) is 11.0. The highest BCUT2D eigenvalue weighted by atomic mass is 32.2. The number of aryl methyl sites for hydroxylation is 2. The average Bonchev–Trinajstić information content (AvgIpc) is 3.40. The van der Waals surface area contributed by atoms with Crippen LogP contribution in [-0.2, 0) is 13.0 Å². The number of methoxy groups -OCH3 is 1. The molecule has 0 aliphatic carbocycles. The van der Waals surface area contributed by atoms with Crippen molar-refractivity contribution in [1.29, 1.82) is 0 Å². The Morgan fingerprint density at radius 3 is 2.59 bits per heavy atom. The number of para-hydroxylation sites is 2. The van der Waals surface area contributed by atoms with Crippen molar-refractivity contribution in [3.63, 3.8) is 0 Å². The van der Waals surface area contributed by atoms with E-state index in [4.69, 9.17) is 4.74 Å². The van der Waals surface area contributed by atoms with Gasteiger partial charge >= 0.3 is 0 Å². The first-order chi connectivity index (χ1) is 15.6. The maximum atomic E-state index is 13.0. The fourth-order valence-electron chi connectivity index (χ4n) is 3.75. The van der Waals surface area contributed by atoms with Crippen LogP contribution in [0.15, 0.2) is 65.8 Å². The fraction of sp³-hybridized carbons (Fsp3) is 0.250. The number of hydrogen-bond donors (Lipinski definition) is 0. The Bertz CT molecular complexity index is 1220. The highest BCUT2D eigenvalue weighted by Gasteiger charge is 2.19. The Morgan fingerprint density at radius 1 is 1.06 bits per heavy atom. The van der Waals surface area contributed by atoms with Crippen molar-refractivity contribution in [2.24, 2.45) is 0 Å². The Labute approximate surface area is 191 Å². The number of nitrogens with zero attached hydrogens (tertiary/aromatic N) is 5. The SMILES string of the molecule is COc1ccccc1-n1nnnc1SCC(=O)c1cc(C)n(CCc2ccccc2)c1C. The van der Waals surface area contributed by atoms with Gasteiger partial charge in [0.05, 0.1) is 12.9 Å². The summed E-state index contributed by atoms with van der Waals surface area (Å²) in [6.45, 7) is 4.90. The number of hydrogen-bond acceptors (Lipinski definition) is 6. The number of rotatable bonds is 9. The average molecular weight is 448 g/mol. The third-order valence-electron chi connectivity index (χ3n) is 5.43. The molecule has 0 fully saturated rings. The molecule has 2 aromatic carbocycles. The molecule has 0 atom stereocenters. The Kier molecular flexibility index (Phi) is 6.70. The van der Waals surface area contributed by atoms with Gasteiger partial charge in [0.1, 0.15) is 11.4 Å². The molecule has 0 unspecified atom stereocenters. The molecule has 4 aromatic rings. The van der Waals surface area contributed by atoms with Crippen LogP contribution in [0.4, 0.5) is 0 Å². The summed E-state index contributed by atoms with van der Waals surface area (Å²) in [6, 6.07) is 19.9. The van der Waals surface area contributed by atoms with Crippen LogP contribution in [0.5, 0.6) is 5.75 Å². The second kappa shape index (κ2) is 9.82. The van der Waals surface area contributed by atoms with Gasteiger partial charge in [-0.05, 0) is 54.5 Å². The highest BCUT2D eigenvalue weighted by molar-refractivity contribution is 7.99. The molecule has 0 saturated heterocycles. The van der Waals surface area contributed by atoms with Crippen LogP contribution < -0.4 is 4.74 Å². The number of thioether (sulfide) groups is 1. The lowest BCUT2D eigenvalue weighted by molar-refractivity contribution is 0.102. The molecule has 4 rings (SSSR count). The van der Waals surface area contributed by atoms with Gasteiger partial charge in [-0.15, -0.1) is 5.10 Å². The minimum absolute atomic E-state index is 0.0589. The Morgan fingerprint density at radius 2 is 1.81 bits per heavy atom. The molecule has 32 heavy (non-hydrogen) atoms. The molecule has 0 radical (unpaired) electrons. The molecule has 8 heteroatoms. The molecule has 2 heterocycles. The number of carbonyl (C=O) groups is 1. The van der Waals surface area contributed by atoms with Gasteiger partial charge < -0.3 is 9.30 Å². The van der Waals surface area contributed by atoms with Gasteiger partial charge in [0, 0.05) is 23.5 Å². The first kappa shape index (κ1) is 21.8. The predicted octanol–water partition coefficient (Wildman–Crippen LogP) is 4.31. The second-order valence-corrected chi connectivity index (χ2v) is 8.37. The first-order valence-electron chi connectivity index (χ1n) is 10.4. The molecule has 0 bridgehead atoms. The van der Waals surface area contributed by atoms with Gasteiger partial charge in [0.15, 0.2) is 5.78 Å². The molecule has 0 spiro atoms. The predicted molar refractivity (Wildman–Crippen MR) is 125 cm³/mol. The van der Waals surface area contributed by atoms with Crippen molar-refractivity contribution in [2.45, 2.75) is 32.0 Å². The molecule has 0 N–H and O–H groups in total. The van der Waals surface area contributed by atoms with E-state index in [0.29, 0.717) is 10.9 Å². The maximum Gasteiger partial charge on any atom is 0.214 e. The molecule has 0 aliphatic rings. The van der Waals surface area contributed by atoms with Gasteiger partial charge in [-0.3, -0.25) is 4.79 Å². The maximum absolute atomic E-state index is 13.0. The minimum Gasteiger partial charge on any atom is -0.494 e. The standard InChI is InChI=1S/C24H25N5O2S/c1-17-15-20(18(2)28(17)14-13-19-9-5-4-6-10-19)22(30)16-32-24-25-26-27-29(24)21-11-7-8-12-23(21)31-3/h4-12,15H,13-14,16H2,1-3H3. The Balaban J connectivity index is 1.46. The quantitative estimate of drug-likeness (QED) is 0.281. The van der Waals surface area contributed by atoms with E-state index in [9.17, 15) is 4.79 Å². The molecular weight excluding hydrogens is 422 g/mol. The summed E-state index contributed by atoms with van der Waals surface area (Å²) in [5, 5.41) is 12.5. The van der Waals surface area contributed by atoms with E-state index in [1.807, 2.05) is 50.2 Å². The topological polar surface area (TPSA) is 74.8 Å². The summed E-state index contributed by atoms with van der Waals surface area (Å²) in [6.07, 6.45) is 0.924. The van der Waals surface area contributed by atoms with Crippen molar-refractivity contribution in [3.8, 4) is 11.4 Å². The molecule has 164 valence electrons. The van der Waals surface area contributed by atoms with Gasteiger partial charge in [-0.25, -0.2) is 0 Å². The fourth-order valence-corrected chi connectivity index (χ4v) is 4.51. The third kappa shape index (κ3) is 4.60. The highest BCUT2D eigenvalue weighted by Crippen LogP contribution is 2.26. The van der Waals surface area contributed by atoms with Gasteiger partial charge in [0.25, 0.3) is 0 Å². The van der Waals surface area contributed by atoms with Crippen molar-refractivity contribution >= 4 is 17.5 Å². The van der Waals surface area contributed by atoms with E-state index >= 15 is 0 Å². The molecular formula is C24H25N5O2S. The minimum atomic E-state index is 0.0589. The number of tetrazole rings is 1. The summed E-state index contributed by atoms with van der Waals surface area (Å²) >= 11 is 1.32. The summed E-state index contributed by atoms with van der Waals surface area (Å²) < 4.78 is 9.22. The third-order valence-corrected chi connectivity index (χ3v) is 6.35. The van der Waals surface area contributed by atoms with Crippen molar-refractivity contribution < 1.29 is 9.53 Å². The van der Waals surface area contributed by atoms with Crippen molar-refractivity contribution in [3.05, 3.63) is 83.2 Å². The number of Topliss-reactive ketones (excluding diaryl/α,β-unsaturated/α-hetero) is 1. The van der Waals surface area contributed by atoms with E-state index in [0.717, 1.165) is 35.6 Å². The monoisotopic (exact) mass is 447 g/mol. The summed E-state index contributed by atoms with van der Waals surface area (Å²) in [7, 11) is 1.60. The molecule has 2 aromatic heterocycles. The first-order valence-corrected chi connectivity index (χ1v) is 11.4. The van der Waals surface area contributed by atoms with E-state index < -0.39 is 0 Å². The van der Waals surface area contributed by atoms with Crippen LogP contribution in [-0.4, -0.2) is 43.4 Å². The lowest BCUT2D eigenvalue weighted by atomic mass is 10.1. The number of ketones is 1. The summed E-state index contributed by atoms with van der Waals surface area (Å²) in [4.78, 5) is 13.0. The van der Waals surface area contributed by atoms with E-state index in [1.54, 1.807) is 11.8 Å². The summed E-state index contributed by atoms with van der Waals surface area (Å²) in [5.41, 5.74) is 4.85. The zero-order chi connectivity index (χ0) is 22.5. The smallest absolute Gasteiger partial charge is 0.214 e. The van der Waals surface area contributed by atoms with E-state index in [2.05, 4.69) is 44.4 Å². The molecule has 0 saturated carbocycles. The second-order valence-electron chi connectivity index (χ2n) is 7.43. The zero-order valence-corrected chi connectivity index (χ0v) is 19.2. The molecule has 7 nitrogen and oxygen atoms in total. The lowest BCUT2D eigenvalue weighted by Gasteiger charge is -2.10.